The van der Waals surface area contributed by atoms with Crippen LogP contribution in [0.15, 0.2) is 24.3 Å². The summed E-state index contributed by atoms with van der Waals surface area (Å²) in [6, 6.07) is 8.18. The molecule has 1 aromatic carbocycles. The number of fused-ring (bicyclic) bond motifs is 4. The van der Waals surface area contributed by atoms with E-state index in [1.807, 2.05) is 17.0 Å². The number of hydrogen-bond acceptors (Lipinski definition) is 4. The molecular formula is C20H30N4O3. The number of ether oxygens (including phenoxy) is 1. The zero-order chi connectivity index (χ0) is 19.4. The fraction of sp³-hybridized carbons (Fsp3) is 0.600. The van der Waals surface area contributed by atoms with Crippen molar-refractivity contribution in [3.63, 3.8) is 0 Å². The largest absolute Gasteiger partial charge is 0.497 e. The Hall–Kier alpha value is -2.28. The lowest BCUT2D eigenvalue weighted by Crippen LogP contribution is -2.51. The molecule has 7 heteroatoms. The van der Waals surface area contributed by atoms with Gasteiger partial charge in [-0.3, -0.25) is 9.69 Å². The molecule has 2 atom stereocenters. The van der Waals surface area contributed by atoms with Crippen LogP contribution in [0.5, 0.6) is 5.75 Å². The first-order chi connectivity index (χ1) is 13.0. The van der Waals surface area contributed by atoms with Gasteiger partial charge in [0.15, 0.2) is 0 Å². The molecule has 7 nitrogen and oxygen atoms in total. The number of nitrogens with zero attached hydrogens (tertiary/aromatic N) is 3. The second-order valence-electron chi connectivity index (χ2n) is 7.74. The summed E-state index contributed by atoms with van der Waals surface area (Å²) in [7, 11) is 5.02. The number of urea groups is 1. The van der Waals surface area contributed by atoms with Crippen molar-refractivity contribution in [2.24, 2.45) is 5.92 Å². The molecule has 1 aromatic rings. The molecule has 3 amide bonds. The van der Waals surface area contributed by atoms with Crippen molar-refractivity contribution in [3.05, 3.63) is 29.8 Å². The Morgan fingerprint density at radius 2 is 1.89 bits per heavy atom. The van der Waals surface area contributed by atoms with Gasteiger partial charge in [0.1, 0.15) is 5.75 Å². The molecule has 3 saturated heterocycles. The van der Waals surface area contributed by atoms with Crippen molar-refractivity contribution in [2.75, 3.05) is 47.4 Å². The number of nitrogens with one attached hydrogen (secondary N) is 1. The minimum atomic E-state index is -0.232. The molecule has 0 radical (unpaired) electrons. The molecule has 1 N–H and O–H groups in total. The Morgan fingerprint density at radius 1 is 1.15 bits per heavy atom. The third-order valence-electron chi connectivity index (χ3n) is 5.47. The molecular weight excluding hydrogens is 344 g/mol. The number of carbonyl (C=O) groups excluding carboxylic acids is 2. The van der Waals surface area contributed by atoms with E-state index in [4.69, 9.17) is 4.74 Å². The Kier molecular flexibility index (Phi) is 6.21. The van der Waals surface area contributed by atoms with Crippen LogP contribution in [-0.2, 0) is 11.3 Å². The van der Waals surface area contributed by atoms with E-state index in [0.717, 1.165) is 44.8 Å². The highest BCUT2D eigenvalue weighted by Gasteiger charge is 2.37. The van der Waals surface area contributed by atoms with E-state index in [2.05, 4.69) is 22.3 Å². The van der Waals surface area contributed by atoms with Crippen molar-refractivity contribution >= 4 is 11.9 Å². The molecule has 3 aliphatic rings. The lowest BCUT2D eigenvalue weighted by Gasteiger charge is -2.36. The summed E-state index contributed by atoms with van der Waals surface area (Å²) in [4.78, 5) is 30.2. The van der Waals surface area contributed by atoms with Crippen LogP contribution in [0, 0.1) is 5.92 Å². The SMILES string of the molecule is COc1ccc(CN2C[C@@H]3CC[C@H](C2)N(C(=O)CNC(=O)N(C)C)C3)cc1. The molecule has 148 valence electrons. The molecule has 0 unspecified atom stereocenters. The molecule has 0 aliphatic carbocycles. The van der Waals surface area contributed by atoms with Crippen molar-refractivity contribution < 1.29 is 14.3 Å². The van der Waals surface area contributed by atoms with Gasteiger partial charge in [0, 0.05) is 46.3 Å². The number of rotatable bonds is 5. The topological polar surface area (TPSA) is 65.1 Å². The summed E-state index contributed by atoms with van der Waals surface area (Å²) in [6.45, 7) is 3.64. The highest BCUT2D eigenvalue weighted by Crippen LogP contribution is 2.29. The molecule has 0 aromatic heterocycles. The van der Waals surface area contributed by atoms with Crippen LogP contribution in [0.25, 0.3) is 0 Å². The first-order valence-electron chi connectivity index (χ1n) is 9.56. The maximum Gasteiger partial charge on any atom is 0.317 e. The molecule has 2 bridgehead atoms. The summed E-state index contributed by atoms with van der Waals surface area (Å²) in [6.07, 6.45) is 2.20. The molecule has 3 aliphatic heterocycles. The molecule has 0 spiro atoms. The fourth-order valence-corrected chi connectivity index (χ4v) is 4.01. The van der Waals surface area contributed by atoms with Gasteiger partial charge < -0.3 is 19.9 Å². The number of methoxy groups -OCH3 is 1. The van der Waals surface area contributed by atoms with Gasteiger partial charge in [-0.05, 0) is 36.5 Å². The van der Waals surface area contributed by atoms with E-state index in [1.54, 1.807) is 21.2 Å². The Bertz CT molecular complexity index is 662. The lowest BCUT2D eigenvalue weighted by atomic mass is 9.95. The van der Waals surface area contributed by atoms with Crippen LogP contribution in [0.1, 0.15) is 18.4 Å². The van der Waals surface area contributed by atoms with E-state index in [-0.39, 0.29) is 24.5 Å². The molecule has 4 rings (SSSR count). The highest BCUT2D eigenvalue weighted by atomic mass is 16.5. The molecule has 27 heavy (non-hydrogen) atoms. The minimum absolute atomic E-state index is 0.0196. The van der Waals surface area contributed by atoms with Gasteiger partial charge in [-0.2, -0.15) is 0 Å². The summed E-state index contributed by atoms with van der Waals surface area (Å²) in [5, 5.41) is 2.69. The maximum atomic E-state index is 12.7. The first kappa shape index (κ1) is 19.5. The van der Waals surface area contributed by atoms with Gasteiger partial charge in [-0.1, -0.05) is 12.1 Å². The molecule has 0 saturated carbocycles. The Labute approximate surface area is 161 Å². The van der Waals surface area contributed by atoms with Crippen LogP contribution < -0.4 is 10.1 Å². The fourth-order valence-electron chi connectivity index (χ4n) is 4.01. The predicted molar refractivity (Wildman–Crippen MR) is 104 cm³/mol. The first-order valence-corrected chi connectivity index (χ1v) is 9.56. The van der Waals surface area contributed by atoms with Crippen molar-refractivity contribution in [1.29, 1.82) is 0 Å². The zero-order valence-electron chi connectivity index (χ0n) is 16.5. The van der Waals surface area contributed by atoms with Gasteiger partial charge in [0.25, 0.3) is 0 Å². The van der Waals surface area contributed by atoms with Crippen LogP contribution >= 0.6 is 0 Å². The number of carbonyl (C=O) groups is 2. The maximum absolute atomic E-state index is 12.7. The summed E-state index contributed by atoms with van der Waals surface area (Å²) in [5.74, 6) is 1.38. The van der Waals surface area contributed by atoms with Crippen molar-refractivity contribution in [3.8, 4) is 5.75 Å². The number of piperidine rings is 1. The van der Waals surface area contributed by atoms with E-state index in [0.29, 0.717) is 5.92 Å². The van der Waals surface area contributed by atoms with Gasteiger partial charge in [0.2, 0.25) is 5.91 Å². The van der Waals surface area contributed by atoms with Gasteiger partial charge in [0.05, 0.1) is 13.7 Å². The van der Waals surface area contributed by atoms with E-state index >= 15 is 0 Å². The average Bonchev–Trinajstić information content (AvgIpc) is 2.97. The summed E-state index contributed by atoms with van der Waals surface area (Å²) < 4.78 is 5.23. The highest BCUT2D eigenvalue weighted by molar-refractivity contribution is 5.84. The summed E-state index contributed by atoms with van der Waals surface area (Å²) in [5.41, 5.74) is 1.26. The third-order valence-corrected chi connectivity index (χ3v) is 5.47. The Morgan fingerprint density at radius 3 is 2.56 bits per heavy atom. The predicted octanol–water partition coefficient (Wildman–Crippen LogP) is 1.39. The van der Waals surface area contributed by atoms with Crippen molar-refractivity contribution in [1.82, 2.24) is 20.0 Å². The lowest BCUT2D eigenvalue weighted by molar-refractivity contribution is -0.134. The standard InChI is InChI=1S/C20H30N4O3/c1-22(2)20(26)21-10-19(25)24-13-16-4-7-17(24)14-23(12-16)11-15-5-8-18(27-3)9-6-15/h5-6,8-9,16-17H,4,7,10-14H2,1-3H3,(H,21,26)/t16-,17+/m0/s1. The number of hydrogen-bond donors (Lipinski definition) is 1. The quantitative estimate of drug-likeness (QED) is 0.846. The Balaban J connectivity index is 1.59. The van der Waals surface area contributed by atoms with Crippen molar-refractivity contribution in [2.45, 2.75) is 25.4 Å². The van der Waals surface area contributed by atoms with Crippen LogP contribution in [0.2, 0.25) is 0 Å². The normalized spacial score (nSPS) is 22.3. The minimum Gasteiger partial charge on any atom is -0.497 e. The number of benzene rings is 1. The van der Waals surface area contributed by atoms with Crippen LogP contribution in [0.3, 0.4) is 0 Å². The van der Waals surface area contributed by atoms with Crippen LogP contribution in [0.4, 0.5) is 4.79 Å². The zero-order valence-corrected chi connectivity index (χ0v) is 16.5. The van der Waals surface area contributed by atoms with Gasteiger partial charge in [-0.15, -0.1) is 0 Å². The third kappa shape index (κ3) is 4.91. The summed E-state index contributed by atoms with van der Waals surface area (Å²) >= 11 is 0. The second kappa shape index (κ2) is 8.61. The van der Waals surface area contributed by atoms with Gasteiger partial charge >= 0.3 is 6.03 Å². The second-order valence-corrected chi connectivity index (χ2v) is 7.74. The molecule has 3 heterocycles. The van der Waals surface area contributed by atoms with E-state index < -0.39 is 0 Å². The average molecular weight is 374 g/mol. The smallest absolute Gasteiger partial charge is 0.317 e. The van der Waals surface area contributed by atoms with E-state index in [9.17, 15) is 9.59 Å². The molecule has 3 fully saturated rings. The monoisotopic (exact) mass is 374 g/mol. The number of amides is 3. The van der Waals surface area contributed by atoms with Crippen LogP contribution in [-0.4, -0.2) is 80.1 Å². The van der Waals surface area contributed by atoms with Gasteiger partial charge in [-0.25, -0.2) is 4.79 Å². The van der Waals surface area contributed by atoms with E-state index in [1.165, 1.54) is 10.5 Å².